The molecule has 2 rings (SSSR count). The van der Waals surface area contributed by atoms with Crippen LogP contribution in [0.1, 0.15) is 0 Å². The van der Waals surface area contributed by atoms with Crippen molar-refractivity contribution in [2.45, 2.75) is 0 Å². The van der Waals surface area contributed by atoms with Crippen LogP contribution in [0.3, 0.4) is 0 Å². The number of hydrogen-bond acceptors (Lipinski definition) is 2. The third-order valence-electron chi connectivity index (χ3n) is 2.20. The number of fused-ring (bicyclic) bond motifs is 1. The summed E-state index contributed by atoms with van der Waals surface area (Å²) >= 11 is 0. The number of ether oxygens (including phenoxy) is 1. The maximum absolute atomic E-state index is 13.0. The van der Waals surface area contributed by atoms with Crippen molar-refractivity contribution in [2.24, 2.45) is 0 Å². The maximum Gasteiger partial charge on any atom is 0.212 e. The van der Waals surface area contributed by atoms with Crippen LogP contribution in [0.2, 0.25) is 0 Å². The molecule has 0 fully saturated rings. The lowest BCUT2D eigenvalue weighted by molar-refractivity contribution is 0.415. The van der Waals surface area contributed by atoms with E-state index in [1.54, 1.807) is 21.0 Å². The van der Waals surface area contributed by atoms with Gasteiger partial charge >= 0.3 is 0 Å². The lowest BCUT2D eigenvalue weighted by atomic mass is 9.96. The summed E-state index contributed by atoms with van der Waals surface area (Å²) in [5.74, 6) is 0.269. The first-order chi connectivity index (χ1) is 6.70. The highest BCUT2D eigenvalue weighted by Crippen LogP contribution is 2.18. The molecule has 0 saturated carbocycles. The Balaban J connectivity index is 2.75. The van der Waals surface area contributed by atoms with Crippen LogP contribution in [-0.2, 0) is 0 Å². The van der Waals surface area contributed by atoms with E-state index in [1.165, 1.54) is 6.07 Å². The number of halogens is 1. The Morgan fingerprint density at radius 3 is 2.86 bits per heavy atom. The zero-order chi connectivity index (χ0) is 10.1. The standard InChI is InChI=1S/C10H9BFNO/c1-14-7-2-3-8-6(4-7)5-9(12)13-10(8)11/h2-5H,11H2,1H3. The van der Waals surface area contributed by atoms with E-state index in [1.807, 2.05) is 12.1 Å². The minimum absolute atomic E-state index is 0.455. The first kappa shape index (κ1) is 9.00. The van der Waals surface area contributed by atoms with Gasteiger partial charge in [0.25, 0.3) is 0 Å². The normalized spacial score (nSPS) is 10.4. The lowest BCUT2D eigenvalue weighted by Crippen LogP contribution is -2.11. The van der Waals surface area contributed by atoms with Crippen LogP contribution < -0.4 is 10.3 Å². The molecular weight excluding hydrogens is 180 g/mol. The molecule has 0 radical (unpaired) electrons. The molecule has 0 unspecified atom stereocenters. The molecule has 0 aliphatic carbocycles. The molecule has 4 heteroatoms. The van der Waals surface area contributed by atoms with Gasteiger partial charge in [0.1, 0.15) is 5.75 Å². The molecule has 70 valence electrons. The van der Waals surface area contributed by atoms with Crippen LogP contribution >= 0.6 is 0 Å². The van der Waals surface area contributed by atoms with E-state index < -0.39 is 5.95 Å². The largest absolute Gasteiger partial charge is 0.497 e. The van der Waals surface area contributed by atoms with E-state index in [0.717, 1.165) is 16.5 Å². The van der Waals surface area contributed by atoms with Gasteiger partial charge in [-0.15, -0.1) is 0 Å². The van der Waals surface area contributed by atoms with Gasteiger partial charge in [-0.25, -0.2) is 4.98 Å². The summed E-state index contributed by atoms with van der Waals surface area (Å²) in [4.78, 5) is 3.75. The molecule has 0 aliphatic heterocycles. The third kappa shape index (κ3) is 1.43. The molecule has 0 saturated heterocycles. The van der Waals surface area contributed by atoms with Crippen LogP contribution in [0.5, 0.6) is 5.75 Å². The number of methoxy groups -OCH3 is 1. The number of rotatable bonds is 1. The zero-order valence-electron chi connectivity index (χ0n) is 8.04. The summed E-state index contributed by atoms with van der Waals surface area (Å²) in [5.41, 5.74) is 0.697. The van der Waals surface area contributed by atoms with E-state index in [4.69, 9.17) is 4.74 Å². The molecule has 2 nitrogen and oxygen atoms in total. The van der Waals surface area contributed by atoms with Crippen LogP contribution in [0.4, 0.5) is 4.39 Å². The molecule has 0 amide bonds. The van der Waals surface area contributed by atoms with Gasteiger partial charge < -0.3 is 4.74 Å². The number of aromatic nitrogens is 1. The van der Waals surface area contributed by atoms with Gasteiger partial charge in [-0.1, -0.05) is 0 Å². The zero-order valence-corrected chi connectivity index (χ0v) is 8.04. The van der Waals surface area contributed by atoms with Crippen LogP contribution in [0.15, 0.2) is 24.3 Å². The van der Waals surface area contributed by atoms with Gasteiger partial charge in [0.15, 0.2) is 7.85 Å². The van der Waals surface area contributed by atoms with Gasteiger partial charge in [-0.05, 0) is 29.0 Å². The Bertz CT molecular complexity index is 487. The molecule has 2 aromatic rings. The predicted molar refractivity (Wildman–Crippen MR) is 56.4 cm³/mol. The van der Waals surface area contributed by atoms with Gasteiger partial charge in [-0.2, -0.15) is 4.39 Å². The molecule has 1 aromatic carbocycles. The summed E-state index contributed by atoms with van der Waals surface area (Å²) in [7, 11) is 3.38. The van der Waals surface area contributed by atoms with E-state index >= 15 is 0 Å². The fourth-order valence-electron chi connectivity index (χ4n) is 1.50. The smallest absolute Gasteiger partial charge is 0.212 e. The number of nitrogens with zero attached hydrogens (tertiary/aromatic N) is 1. The predicted octanol–water partition coefficient (Wildman–Crippen LogP) is 0.641. The summed E-state index contributed by atoms with van der Waals surface area (Å²) in [5, 5.41) is 1.77. The molecule has 0 N–H and O–H groups in total. The molecule has 1 heterocycles. The van der Waals surface area contributed by atoms with Crippen molar-refractivity contribution in [2.75, 3.05) is 7.11 Å². The van der Waals surface area contributed by atoms with Crippen molar-refractivity contribution in [1.29, 1.82) is 0 Å². The van der Waals surface area contributed by atoms with Gasteiger partial charge in [-0.3, -0.25) is 0 Å². The van der Waals surface area contributed by atoms with Crippen LogP contribution in [0, 0.1) is 5.95 Å². The highest BCUT2D eigenvalue weighted by atomic mass is 19.1. The number of hydrogen-bond donors (Lipinski definition) is 0. The monoisotopic (exact) mass is 189 g/mol. The summed E-state index contributed by atoms with van der Waals surface area (Å²) < 4.78 is 18.0. The van der Waals surface area contributed by atoms with E-state index in [-0.39, 0.29) is 0 Å². The first-order valence-corrected chi connectivity index (χ1v) is 4.31. The van der Waals surface area contributed by atoms with Crippen molar-refractivity contribution in [3.8, 4) is 5.75 Å². The van der Waals surface area contributed by atoms with Gasteiger partial charge in [0.05, 0.1) is 7.11 Å². The van der Waals surface area contributed by atoms with E-state index in [2.05, 4.69) is 4.98 Å². The molecule has 0 bridgehead atoms. The number of benzene rings is 1. The Hall–Kier alpha value is -1.58. The SMILES string of the molecule is Bc1nc(F)cc2cc(OC)ccc12. The molecule has 0 aliphatic rings. The molecule has 1 aromatic heterocycles. The topological polar surface area (TPSA) is 22.1 Å². The maximum atomic E-state index is 13.0. The molecule has 0 spiro atoms. The molecule has 14 heavy (non-hydrogen) atoms. The summed E-state index contributed by atoms with van der Waals surface area (Å²) in [6, 6.07) is 6.93. The third-order valence-corrected chi connectivity index (χ3v) is 2.20. The average Bonchev–Trinajstić information content (AvgIpc) is 2.16. The Morgan fingerprint density at radius 2 is 2.14 bits per heavy atom. The fourth-order valence-corrected chi connectivity index (χ4v) is 1.50. The van der Waals surface area contributed by atoms with Crippen molar-refractivity contribution in [3.05, 3.63) is 30.2 Å². The van der Waals surface area contributed by atoms with Crippen molar-refractivity contribution in [1.82, 2.24) is 4.98 Å². The minimum Gasteiger partial charge on any atom is -0.497 e. The van der Waals surface area contributed by atoms with Crippen LogP contribution in [0.25, 0.3) is 10.8 Å². The van der Waals surface area contributed by atoms with Crippen molar-refractivity contribution >= 4 is 24.2 Å². The van der Waals surface area contributed by atoms with Crippen LogP contribution in [-0.4, -0.2) is 19.9 Å². The molecular formula is C10H9BFNO. The fraction of sp³-hybridized carbons (Fsp3) is 0.100. The van der Waals surface area contributed by atoms with Gasteiger partial charge in [0.2, 0.25) is 5.95 Å². The first-order valence-electron chi connectivity index (χ1n) is 4.31. The summed E-state index contributed by atoms with van der Waals surface area (Å²) in [6.45, 7) is 0. The quantitative estimate of drug-likeness (QED) is 0.485. The lowest BCUT2D eigenvalue weighted by Gasteiger charge is -2.04. The van der Waals surface area contributed by atoms with Crippen molar-refractivity contribution < 1.29 is 9.13 Å². The minimum atomic E-state index is -0.455. The molecule has 0 atom stereocenters. The Labute approximate surface area is 82.1 Å². The highest BCUT2D eigenvalue weighted by molar-refractivity contribution is 6.37. The Morgan fingerprint density at radius 1 is 1.36 bits per heavy atom. The van der Waals surface area contributed by atoms with Gasteiger partial charge in [0, 0.05) is 11.7 Å². The highest BCUT2D eigenvalue weighted by Gasteiger charge is 2.02. The second-order valence-corrected chi connectivity index (χ2v) is 3.12. The average molecular weight is 189 g/mol. The van der Waals surface area contributed by atoms with E-state index in [0.29, 0.717) is 5.59 Å². The summed E-state index contributed by atoms with van der Waals surface area (Å²) in [6.07, 6.45) is 0. The van der Waals surface area contributed by atoms with E-state index in [9.17, 15) is 4.39 Å². The Kier molecular flexibility index (Phi) is 2.12. The van der Waals surface area contributed by atoms with Crippen molar-refractivity contribution in [3.63, 3.8) is 0 Å². The second kappa shape index (κ2) is 3.29. The second-order valence-electron chi connectivity index (χ2n) is 3.12. The number of pyridine rings is 1.